The van der Waals surface area contributed by atoms with E-state index in [1.165, 1.54) is 29.2 Å². The Balaban J connectivity index is 1.69. The Morgan fingerprint density at radius 2 is 1.65 bits per heavy atom. The molecule has 7 heteroatoms. The van der Waals surface area contributed by atoms with Crippen molar-refractivity contribution in [2.75, 3.05) is 11.7 Å². The van der Waals surface area contributed by atoms with Crippen molar-refractivity contribution < 1.29 is 28.6 Å². The number of Topliss-reactive ketones (excluding diaryl/α,β-unsaturated/α-hetero) is 1. The summed E-state index contributed by atoms with van der Waals surface area (Å²) < 4.78 is 24.3. The number of ketones is 1. The Hall–Kier alpha value is -4.13. The van der Waals surface area contributed by atoms with Gasteiger partial charge in [0.1, 0.15) is 11.6 Å². The van der Waals surface area contributed by atoms with Crippen LogP contribution in [0.4, 0.5) is 10.1 Å². The summed E-state index contributed by atoms with van der Waals surface area (Å²) >= 11 is 0. The van der Waals surface area contributed by atoms with Gasteiger partial charge in [-0.05, 0) is 53.4 Å². The number of fused-ring (bicyclic) bond motifs is 1. The van der Waals surface area contributed by atoms with Gasteiger partial charge in [0.25, 0.3) is 11.7 Å². The van der Waals surface area contributed by atoms with Crippen LogP contribution in [0.5, 0.6) is 11.5 Å². The topological polar surface area (TPSA) is 76.1 Å². The summed E-state index contributed by atoms with van der Waals surface area (Å²) in [5.74, 6) is -1.12. The molecule has 0 saturated carbocycles. The van der Waals surface area contributed by atoms with Gasteiger partial charge in [-0.25, -0.2) is 4.39 Å². The SMILES string of the molecule is CC(C)c1ccc(C2/C(=C(\O)c3ccc(F)cc3)C(=O)C(=O)N2c2ccc3c(c2)OCO3)cc1. The van der Waals surface area contributed by atoms with Crippen LogP contribution >= 0.6 is 0 Å². The average Bonchev–Trinajstić information content (AvgIpc) is 3.41. The van der Waals surface area contributed by atoms with E-state index in [9.17, 15) is 19.1 Å². The van der Waals surface area contributed by atoms with Gasteiger partial charge in [0, 0.05) is 17.3 Å². The maximum atomic E-state index is 13.5. The predicted molar refractivity (Wildman–Crippen MR) is 124 cm³/mol. The molecule has 34 heavy (non-hydrogen) atoms. The molecule has 2 aliphatic heterocycles. The number of carbonyl (C=O) groups excluding carboxylic acids is 2. The number of nitrogens with zero attached hydrogens (tertiary/aromatic N) is 1. The third-order valence-corrected chi connectivity index (χ3v) is 6.12. The fourth-order valence-corrected chi connectivity index (χ4v) is 4.28. The van der Waals surface area contributed by atoms with Gasteiger partial charge in [-0.1, -0.05) is 38.1 Å². The summed E-state index contributed by atoms with van der Waals surface area (Å²) in [6.07, 6.45) is 0. The highest BCUT2D eigenvalue weighted by Crippen LogP contribution is 2.45. The third-order valence-electron chi connectivity index (χ3n) is 6.12. The number of halogens is 1. The van der Waals surface area contributed by atoms with Crippen molar-refractivity contribution in [2.24, 2.45) is 0 Å². The monoisotopic (exact) mass is 459 g/mol. The van der Waals surface area contributed by atoms with E-state index in [-0.39, 0.29) is 23.7 Å². The molecular weight excluding hydrogens is 437 g/mol. The van der Waals surface area contributed by atoms with Crippen LogP contribution in [-0.4, -0.2) is 23.6 Å². The fraction of sp³-hybridized carbons (Fsp3) is 0.185. The third kappa shape index (κ3) is 3.59. The second-order valence-electron chi connectivity index (χ2n) is 8.53. The highest BCUT2D eigenvalue weighted by atomic mass is 19.1. The largest absolute Gasteiger partial charge is 0.507 e. The summed E-state index contributed by atoms with van der Waals surface area (Å²) in [6.45, 7) is 4.22. The summed E-state index contributed by atoms with van der Waals surface area (Å²) in [5.41, 5.74) is 2.37. The molecule has 0 bridgehead atoms. The number of hydrogen-bond donors (Lipinski definition) is 1. The standard InChI is InChI=1S/C27H22FNO5/c1-15(2)16-3-5-17(6-4-16)24-23(25(30)18-7-9-19(28)10-8-18)26(31)27(32)29(24)20-11-12-21-22(13-20)34-14-33-21/h3-13,15,24,30H,14H2,1-2H3/b25-23+. The van der Waals surface area contributed by atoms with Crippen LogP contribution in [0, 0.1) is 5.82 Å². The van der Waals surface area contributed by atoms with Crippen LogP contribution < -0.4 is 14.4 Å². The summed E-state index contributed by atoms with van der Waals surface area (Å²) in [5, 5.41) is 11.1. The van der Waals surface area contributed by atoms with Crippen molar-refractivity contribution in [3.05, 3.63) is 94.8 Å². The van der Waals surface area contributed by atoms with Crippen molar-refractivity contribution in [3.8, 4) is 11.5 Å². The van der Waals surface area contributed by atoms with Gasteiger partial charge in [0.2, 0.25) is 6.79 Å². The fourth-order valence-electron chi connectivity index (χ4n) is 4.28. The minimum atomic E-state index is -0.883. The molecule has 3 aromatic rings. The first-order chi connectivity index (χ1) is 16.3. The van der Waals surface area contributed by atoms with Crippen LogP contribution in [0.1, 0.15) is 42.5 Å². The highest BCUT2D eigenvalue weighted by molar-refractivity contribution is 6.51. The molecule has 1 unspecified atom stereocenters. The van der Waals surface area contributed by atoms with E-state index in [0.29, 0.717) is 28.7 Å². The first-order valence-corrected chi connectivity index (χ1v) is 10.9. The molecular formula is C27H22FNO5. The molecule has 1 fully saturated rings. The van der Waals surface area contributed by atoms with Gasteiger partial charge in [0.05, 0.1) is 11.6 Å². The normalized spacial score (nSPS) is 18.7. The zero-order chi connectivity index (χ0) is 24.0. The van der Waals surface area contributed by atoms with Crippen LogP contribution in [0.15, 0.2) is 72.3 Å². The number of amides is 1. The van der Waals surface area contributed by atoms with Gasteiger partial charge >= 0.3 is 0 Å². The lowest BCUT2D eigenvalue weighted by Gasteiger charge is -2.26. The molecule has 1 atom stereocenters. The van der Waals surface area contributed by atoms with Crippen molar-refractivity contribution in [1.29, 1.82) is 0 Å². The number of hydrogen-bond acceptors (Lipinski definition) is 5. The van der Waals surface area contributed by atoms with E-state index in [0.717, 1.165) is 5.56 Å². The first-order valence-electron chi connectivity index (χ1n) is 10.9. The average molecular weight is 459 g/mol. The minimum absolute atomic E-state index is 0.0634. The Morgan fingerprint density at radius 1 is 0.971 bits per heavy atom. The first kappa shape index (κ1) is 21.7. The lowest BCUT2D eigenvalue weighted by Crippen LogP contribution is -2.29. The Kier molecular flexibility index (Phi) is 5.32. The van der Waals surface area contributed by atoms with Gasteiger partial charge in [-0.2, -0.15) is 0 Å². The van der Waals surface area contributed by atoms with Crippen molar-refractivity contribution >= 4 is 23.1 Å². The number of ether oxygens (including phenoxy) is 2. The number of aliphatic hydroxyl groups is 1. The molecule has 0 spiro atoms. The molecule has 6 nitrogen and oxygen atoms in total. The summed E-state index contributed by atoms with van der Waals surface area (Å²) in [4.78, 5) is 27.8. The van der Waals surface area contributed by atoms with E-state index >= 15 is 0 Å². The molecule has 172 valence electrons. The minimum Gasteiger partial charge on any atom is -0.507 e. The van der Waals surface area contributed by atoms with Gasteiger partial charge < -0.3 is 14.6 Å². The van der Waals surface area contributed by atoms with E-state index in [4.69, 9.17) is 9.47 Å². The molecule has 5 rings (SSSR count). The zero-order valence-electron chi connectivity index (χ0n) is 18.6. The van der Waals surface area contributed by atoms with Crippen LogP contribution in [0.3, 0.4) is 0 Å². The predicted octanol–water partition coefficient (Wildman–Crippen LogP) is 5.30. The molecule has 3 aromatic carbocycles. The second kappa shape index (κ2) is 8.33. The van der Waals surface area contributed by atoms with Gasteiger partial charge in [0.15, 0.2) is 11.5 Å². The number of benzene rings is 3. The van der Waals surface area contributed by atoms with E-state index < -0.39 is 23.5 Å². The van der Waals surface area contributed by atoms with Crippen molar-refractivity contribution in [2.45, 2.75) is 25.8 Å². The van der Waals surface area contributed by atoms with Crippen molar-refractivity contribution in [3.63, 3.8) is 0 Å². The highest BCUT2D eigenvalue weighted by Gasteiger charge is 2.47. The Labute approximate surface area is 195 Å². The molecule has 1 amide bonds. The molecule has 0 aliphatic carbocycles. The van der Waals surface area contributed by atoms with Crippen molar-refractivity contribution in [1.82, 2.24) is 0 Å². The summed E-state index contributed by atoms with van der Waals surface area (Å²) in [6, 6.07) is 16.8. The van der Waals surface area contributed by atoms with E-state index in [1.807, 2.05) is 24.3 Å². The van der Waals surface area contributed by atoms with Crippen LogP contribution in [0.2, 0.25) is 0 Å². The van der Waals surface area contributed by atoms with E-state index in [2.05, 4.69) is 13.8 Å². The lowest BCUT2D eigenvalue weighted by molar-refractivity contribution is -0.132. The molecule has 2 aliphatic rings. The maximum Gasteiger partial charge on any atom is 0.300 e. The van der Waals surface area contributed by atoms with Crippen LogP contribution in [0.25, 0.3) is 5.76 Å². The molecule has 1 saturated heterocycles. The Morgan fingerprint density at radius 3 is 2.32 bits per heavy atom. The zero-order valence-corrected chi connectivity index (χ0v) is 18.6. The quantitative estimate of drug-likeness (QED) is 0.325. The molecule has 1 N–H and O–H groups in total. The number of aliphatic hydroxyl groups excluding tert-OH is 1. The lowest BCUT2D eigenvalue weighted by atomic mass is 9.93. The van der Waals surface area contributed by atoms with Gasteiger partial charge in [-0.3, -0.25) is 14.5 Å². The number of carbonyl (C=O) groups is 2. The van der Waals surface area contributed by atoms with E-state index in [1.54, 1.807) is 18.2 Å². The Bertz CT molecular complexity index is 1310. The smallest absolute Gasteiger partial charge is 0.300 e. The molecule has 0 aromatic heterocycles. The van der Waals surface area contributed by atoms with Crippen LogP contribution in [-0.2, 0) is 9.59 Å². The maximum absolute atomic E-state index is 13.5. The number of anilines is 1. The number of rotatable bonds is 4. The molecule has 0 radical (unpaired) electrons. The second-order valence-corrected chi connectivity index (χ2v) is 8.53. The summed E-state index contributed by atoms with van der Waals surface area (Å²) in [7, 11) is 0. The molecule has 2 heterocycles. The van der Waals surface area contributed by atoms with Gasteiger partial charge in [-0.15, -0.1) is 0 Å².